The summed E-state index contributed by atoms with van der Waals surface area (Å²) in [6, 6.07) is 13.8. The molecule has 5 nitrogen and oxygen atoms in total. The number of likely N-dealkylation sites (tertiary alicyclic amines) is 1. The first-order chi connectivity index (χ1) is 15.0. The van der Waals surface area contributed by atoms with E-state index < -0.39 is 0 Å². The summed E-state index contributed by atoms with van der Waals surface area (Å²) in [5, 5.41) is 17.2. The third-order valence-corrected chi connectivity index (χ3v) is 6.83. The molecule has 31 heavy (non-hydrogen) atoms. The van der Waals surface area contributed by atoms with Gasteiger partial charge in [-0.2, -0.15) is 10.4 Å². The Morgan fingerprint density at radius 2 is 1.84 bits per heavy atom. The van der Waals surface area contributed by atoms with Crippen molar-refractivity contribution in [1.82, 2.24) is 15.1 Å². The molecule has 1 saturated carbocycles. The van der Waals surface area contributed by atoms with E-state index in [1.807, 2.05) is 49.1 Å². The van der Waals surface area contributed by atoms with Crippen LogP contribution in [0.5, 0.6) is 0 Å². The van der Waals surface area contributed by atoms with Crippen molar-refractivity contribution in [3.05, 3.63) is 74.9 Å². The summed E-state index contributed by atoms with van der Waals surface area (Å²) in [6.07, 6.45) is 2.27. The molecule has 156 valence electrons. The van der Waals surface area contributed by atoms with E-state index >= 15 is 0 Å². The third kappa shape index (κ3) is 3.51. The van der Waals surface area contributed by atoms with Gasteiger partial charge in [-0.05, 0) is 61.6 Å². The number of benzene rings is 2. The van der Waals surface area contributed by atoms with Crippen LogP contribution in [-0.2, 0) is 0 Å². The molecule has 1 saturated heterocycles. The van der Waals surface area contributed by atoms with Crippen LogP contribution in [0, 0.1) is 25.2 Å². The number of rotatable bonds is 4. The van der Waals surface area contributed by atoms with E-state index in [0.29, 0.717) is 41.1 Å². The second kappa shape index (κ2) is 7.55. The van der Waals surface area contributed by atoms with Crippen LogP contribution in [0.3, 0.4) is 0 Å². The van der Waals surface area contributed by atoms with Gasteiger partial charge < -0.3 is 4.90 Å². The molecule has 1 aliphatic heterocycles. The summed E-state index contributed by atoms with van der Waals surface area (Å²) >= 11 is 6.64. The number of nitriles is 1. The fraction of sp³-hybridized carbons (Fsp3) is 0.320. The van der Waals surface area contributed by atoms with Crippen LogP contribution in [0.4, 0.5) is 0 Å². The fourth-order valence-corrected chi connectivity index (χ4v) is 4.70. The van der Waals surface area contributed by atoms with Crippen molar-refractivity contribution in [3.63, 3.8) is 0 Å². The number of aromatic amines is 1. The minimum Gasteiger partial charge on any atom is -0.337 e. The Morgan fingerprint density at radius 1 is 1.13 bits per heavy atom. The molecule has 0 atom stereocenters. The molecule has 6 heteroatoms. The van der Waals surface area contributed by atoms with Gasteiger partial charge in [-0.3, -0.25) is 9.89 Å². The van der Waals surface area contributed by atoms with E-state index in [4.69, 9.17) is 16.9 Å². The number of nitrogens with zero attached hydrogens (tertiary/aromatic N) is 3. The molecule has 1 aromatic heterocycles. The Hall–Kier alpha value is -3.10. The molecular weight excluding hydrogens is 408 g/mol. The smallest absolute Gasteiger partial charge is 0.254 e. The molecule has 2 heterocycles. The van der Waals surface area contributed by atoms with Gasteiger partial charge in [0, 0.05) is 36.1 Å². The van der Waals surface area contributed by atoms with Crippen molar-refractivity contribution in [2.75, 3.05) is 13.1 Å². The van der Waals surface area contributed by atoms with E-state index in [9.17, 15) is 4.79 Å². The summed E-state index contributed by atoms with van der Waals surface area (Å²) in [4.78, 5) is 15.1. The first-order valence-corrected chi connectivity index (χ1v) is 11.0. The standard InChI is InChI=1S/C25H23ClN4O/c1-14-9-15(2)21(10-20(14)24-22(26)23(28-29-24)18-7-8-18)25(31)30-12-19(13-30)17-5-3-16(11-27)4-6-17/h3-6,9-10,18-19H,7-8,12-13H2,1-2H3,(H,28,29). The molecule has 1 aliphatic carbocycles. The van der Waals surface area contributed by atoms with Gasteiger partial charge in [-0.1, -0.05) is 29.8 Å². The van der Waals surface area contributed by atoms with Gasteiger partial charge in [0.05, 0.1) is 28.0 Å². The molecule has 0 unspecified atom stereocenters. The number of H-pyrrole nitrogens is 1. The Morgan fingerprint density at radius 3 is 2.48 bits per heavy atom. The lowest BCUT2D eigenvalue weighted by atomic mass is 9.89. The molecule has 5 rings (SSSR count). The lowest BCUT2D eigenvalue weighted by molar-refractivity contribution is 0.0601. The van der Waals surface area contributed by atoms with E-state index in [1.54, 1.807) is 0 Å². The van der Waals surface area contributed by atoms with Gasteiger partial charge in [0.25, 0.3) is 5.91 Å². The third-order valence-electron chi connectivity index (χ3n) is 6.45. The molecule has 2 aromatic carbocycles. The highest BCUT2D eigenvalue weighted by Gasteiger charge is 2.34. The number of hydrogen-bond donors (Lipinski definition) is 1. The number of aryl methyl sites for hydroxylation is 2. The molecule has 1 amide bonds. The number of halogens is 1. The van der Waals surface area contributed by atoms with E-state index in [-0.39, 0.29) is 5.91 Å². The van der Waals surface area contributed by atoms with Gasteiger partial charge >= 0.3 is 0 Å². The van der Waals surface area contributed by atoms with Crippen molar-refractivity contribution < 1.29 is 4.79 Å². The van der Waals surface area contributed by atoms with Crippen LogP contribution in [0.15, 0.2) is 36.4 Å². The van der Waals surface area contributed by atoms with Gasteiger partial charge in [0.1, 0.15) is 0 Å². The van der Waals surface area contributed by atoms with Gasteiger partial charge in [0.15, 0.2) is 0 Å². The molecular formula is C25H23ClN4O. The van der Waals surface area contributed by atoms with Crippen LogP contribution in [-0.4, -0.2) is 34.1 Å². The SMILES string of the molecule is Cc1cc(C)c(-c2[nH]nc(C3CC3)c2Cl)cc1C(=O)N1CC(c2ccc(C#N)cc2)C1. The van der Waals surface area contributed by atoms with Crippen molar-refractivity contribution in [2.45, 2.75) is 38.5 Å². The first kappa shape index (κ1) is 19.8. The summed E-state index contributed by atoms with van der Waals surface area (Å²) < 4.78 is 0. The average Bonchev–Trinajstić information content (AvgIpc) is 3.50. The van der Waals surface area contributed by atoms with Gasteiger partial charge in [0.2, 0.25) is 0 Å². The maximum Gasteiger partial charge on any atom is 0.254 e. The Kier molecular flexibility index (Phi) is 4.83. The maximum absolute atomic E-state index is 13.3. The van der Waals surface area contributed by atoms with E-state index in [1.165, 1.54) is 5.56 Å². The lowest BCUT2D eigenvalue weighted by Crippen LogP contribution is -2.48. The Labute approximate surface area is 186 Å². The van der Waals surface area contributed by atoms with E-state index in [0.717, 1.165) is 40.9 Å². The highest BCUT2D eigenvalue weighted by molar-refractivity contribution is 6.33. The number of hydrogen-bond acceptors (Lipinski definition) is 3. The Balaban J connectivity index is 1.37. The fourth-order valence-electron chi connectivity index (χ4n) is 4.36. The molecule has 2 fully saturated rings. The topological polar surface area (TPSA) is 72.8 Å². The van der Waals surface area contributed by atoms with Crippen molar-refractivity contribution in [3.8, 4) is 17.3 Å². The second-order valence-corrected chi connectivity index (χ2v) is 9.07. The average molecular weight is 431 g/mol. The van der Waals surface area contributed by atoms with Crippen LogP contribution in [0.25, 0.3) is 11.3 Å². The second-order valence-electron chi connectivity index (χ2n) is 8.70. The van der Waals surface area contributed by atoms with Crippen LogP contribution >= 0.6 is 11.6 Å². The number of nitrogens with one attached hydrogen (secondary N) is 1. The summed E-state index contributed by atoms with van der Waals surface area (Å²) in [7, 11) is 0. The number of carbonyl (C=O) groups is 1. The summed E-state index contributed by atoms with van der Waals surface area (Å²) in [5.74, 6) is 0.816. The summed E-state index contributed by atoms with van der Waals surface area (Å²) in [6.45, 7) is 5.38. The Bertz CT molecular complexity index is 1210. The van der Waals surface area contributed by atoms with Crippen molar-refractivity contribution >= 4 is 17.5 Å². The zero-order chi connectivity index (χ0) is 21.7. The first-order valence-electron chi connectivity index (χ1n) is 10.6. The van der Waals surface area contributed by atoms with Crippen LogP contribution in [0.2, 0.25) is 5.02 Å². The highest BCUT2D eigenvalue weighted by Crippen LogP contribution is 2.45. The van der Waals surface area contributed by atoms with E-state index in [2.05, 4.69) is 22.3 Å². The number of aromatic nitrogens is 2. The number of amides is 1. The minimum atomic E-state index is 0.0432. The zero-order valence-electron chi connectivity index (χ0n) is 17.6. The molecule has 0 spiro atoms. The quantitative estimate of drug-likeness (QED) is 0.607. The van der Waals surface area contributed by atoms with Crippen LogP contribution in [0.1, 0.15) is 63.0 Å². The minimum absolute atomic E-state index is 0.0432. The van der Waals surface area contributed by atoms with Crippen molar-refractivity contribution in [2.24, 2.45) is 0 Å². The predicted molar refractivity (Wildman–Crippen MR) is 120 cm³/mol. The molecule has 1 N–H and O–H groups in total. The molecule has 3 aromatic rings. The highest BCUT2D eigenvalue weighted by atomic mass is 35.5. The molecule has 0 bridgehead atoms. The lowest BCUT2D eigenvalue weighted by Gasteiger charge is -2.40. The van der Waals surface area contributed by atoms with Crippen LogP contribution < -0.4 is 0 Å². The van der Waals surface area contributed by atoms with Gasteiger partial charge in [-0.25, -0.2) is 0 Å². The zero-order valence-corrected chi connectivity index (χ0v) is 18.3. The normalized spacial score (nSPS) is 16.1. The predicted octanol–water partition coefficient (Wildman–Crippen LogP) is 5.34. The maximum atomic E-state index is 13.3. The largest absolute Gasteiger partial charge is 0.337 e. The summed E-state index contributed by atoms with van der Waals surface area (Å²) in [5.41, 5.74) is 7.24. The molecule has 0 radical (unpaired) electrons. The number of carbonyl (C=O) groups excluding carboxylic acids is 1. The van der Waals surface area contributed by atoms with Gasteiger partial charge in [-0.15, -0.1) is 0 Å². The molecule has 2 aliphatic rings. The monoisotopic (exact) mass is 430 g/mol. The van der Waals surface area contributed by atoms with Crippen molar-refractivity contribution in [1.29, 1.82) is 5.26 Å².